The summed E-state index contributed by atoms with van der Waals surface area (Å²) < 4.78 is 11.3. The van der Waals surface area contributed by atoms with Gasteiger partial charge < -0.3 is 19.7 Å². The molecule has 1 aliphatic heterocycles. The highest BCUT2D eigenvalue weighted by atomic mass is 16.5. The van der Waals surface area contributed by atoms with Gasteiger partial charge in [0.15, 0.2) is 0 Å². The minimum atomic E-state index is -0.249. The molecule has 1 aliphatic rings. The van der Waals surface area contributed by atoms with Crippen LogP contribution < -0.4 is 14.8 Å². The van der Waals surface area contributed by atoms with Gasteiger partial charge in [0.1, 0.15) is 11.5 Å². The van der Waals surface area contributed by atoms with Gasteiger partial charge in [-0.15, -0.1) is 0 Å². The summed E-state index contributed by atoms with van der Waals surface area (Å²) in [4.78, 5) is 35.4. The quantitative estimate of drug-likeness (QED) is 0.541. The molecule has 2 amide bonds. The average molecular weight is 461 g/mol. The van der Waals surface area contributed by atoms with Crippen molar-refractivity contribution in [2.45, 2.75) is 26.2 Å². The summed E-state index contributed by atoms with van der Waals surface area (Å²) in [6.45, 7) is 3.30. The second kappa shape index (κ2) is 11.3. The molecule has 0 spiro atoms. The first-order valence-corrected chi connectivity index (χ1v) is 11.4. The van der Waals surface area contributed by atoms with Crippen LogP contribution in [0.1, 0.15) is 24.8 Å². The molecule has 1 saturated heterocycles. The van der Waals surface area contributed by atoms with Crippen LogP contribution in [0.5, 0.6) is 17.5 Å². The van der Waals surface area contributed by atoms with Gasteiger partial charge in [-0.25, -0.2) is 9.97 Å². The number of aryl methyl sites for hydroxylation is 1. The lowest BCUT2D eigenvalue weighted by Gasteiger charge is -2.32. The zero-order valence-corrected chi connectivity index (χ0v) is 19.1. The third-order valence-corrected chi connectivity index (χ3v) is 5.68. The Morgan fingerprint density at radius 2 is 1.85 bits per heavy atom. The fourth-order valence-electron chi connectivity index (χ4n) is 3.87. The molecular formula is C26H28N4O4. The number of benzene rings is 2. The van der Waals surface area contributed by atoms with Crippen molar-refractivity contribution in [1.29, 1.82) is 0 Å². The van der Waals surface area contributed by atoms with E-state index < -0.39 is 0 Å². The van der Waals surface area contributed by atoms with Crippen molar-refractivity contribution in [3.8, 4) is 17.5 Å². The van der Waals surface area contributed by atoms with Crippen LogP contribution in [-0.2, 0) is 9.59 Å². The lowest BCUT2D eigenvalue weighted by Crippen LogP contribution is -2.44. The summed E-state index contributed by atoms with van der Waals surface area (Å²) in [5.41, 5.74) is 1.58. The van der Waals surface area contributed by atoms with E-state index in [1.165, 1.54) is 0 Å². The normalized spacial score (nSPS) is 15.4. The minimum Gasteiger partial charge on any atom is -0.493 e. The number of aromatic nitrogens is 2. The lowest BCUT2D eigenvalue weighted by molar-refractivity contribution is -0.135. The molecule has 176 valence electrons. The molecule has 1 N–H and O–H groups in total. The number of carbonyl (C=O) groups excluding carboxylic acids is 2. The Kier molecular flexibility index (Phi) is 7.70. The molecule has 3 aromatic rings. The predicted octanol–water partition coefficient (Wildman–Crippen LogP) is 4.22. The molecular weight excluding hydrogens is 432 g/mol. The number of carbonyl (C=O) groups is 2. The monoisotopic (exact) mass is 460 g/mol. The SMILES string of the molecule is Cc1cc(Oc2ncccn2)ccc1NC(=O)C1CCCN(C(=O)CCOc2ccccc2)C1. The van der Waals surface area contributed by atoms with E-state index in [0.717, 1.165) is 24.2 Å². The highest BCUT2D eigenvalue weighted by Crippen LogP contribution is 2.26. The number of anilines is 1. The number of rotatable bonds is 8. The molecule has 0 aliphatic carbocycles. The van der Waals surface area contributed by atoms with Crippen LogP contribution in [0.3, 0.4) is 0 Å². The van der Waals surface area contributed by atoms with Crippen LogP contribution in [0.4, 0.5) is 5.69 Å². The number of amides is 2. The van der Waals surface area contributed by atoms with E-state index in [-0.39, 0.29) is 30.2 Å². The molecule has 1 aromatic heterocycles. The Hall–Kier alpha value is -3.94. The van der Waals surface area contributed by atoms with E-state index in [1.54, 1.807) is 35.5 Å². The fourth-order valence-corrected chi connectivity index (χ4v) is 3.87. The van der Waals surface area contributed by atoms with Crippen molar-refractivity contribution in [1.82, 2.24) is 14.9 Å². The van der Waals surface area contributed by atoms with E-state index in [4.69, 9.17) is 9.47 Å². The van der Waals surface area contributed by atoms with Gasteiger partial charge in [-0.1, -0.05) is 18.2 Å². The van der Waals surface area contributed by atoms with Crippen molar-refractivity contribution in [2.75, 3.05) is 25.0 Å². The van der Waals surface area contributed by atoms with Crippen LogP contribution >= 0.6 is 0 Å². The minimum absolute atomic E-state index is 0.00856. The molecule has 2 aromatic carbocycles. The highest BCUT2D eigenvalue weighted by Gasteiger charge is 2.28. The van der Waals surface area contributed by atoms with Crippen molar-refractivity contribution in [3.05, 3.63) is 72.6 Å². The van der Waals surface area contributed by atoms with E-state index in [0.29, 0.717) is 31.1 Å². The largest absolute Gasteiger partial charge is 0.493 e. The topological polar surface area (TPSA) is 93.7 Å². The summed E-state index contributed by atoms with van der Waals surface area (Å²) in [5, 5.41) is 3.01. The van der Waals surface area contributed by atoms with Crippen molar-refractivity contribution in [3.63, 3.8) is 0 Å². The first-order valence-electron chi connectivity index (χ1n) is 11.4. The van der Waals surface area contributed by atoms with Crippen LogP contribution in [0.15, 0.2) is 67.0 Å². The number of ether oxygens (including phenoxy) is 2. The van der Waals surface area contributed by atoms with E-state index in [9.17, 15) is 9.59 Å². The maximum atomic E-state index is 12.9. The van der Waals surface area contributed by atoms with Crippen LogP contribution in [0.25, 0.3) is 0 Å². The highest BCUT2D eigenvalue weighted by molar-refractivity contribution is 5.94. The first-order chi connectivity index (χ1) is 16.6. The van der Waals surface area contributed by atoms with Crippen molar-refractivity contribution >= 4 is 17.5 Å². The van der Waals surface area contributed by atoms with Crippen LogP contribution in [0.2, 0.25) is 0 Å². The second-order valence-electron chi connectivity index (χ2n) is 8.19. The van der Waals surface area contributed by atoms with Gasteiger partial charge in [0.05, 0.1) is 18.9 Å². The number of nitrogens with zero attached hydrogens (tertiary/aromatic N) is 3. The number of hydrogen-bond donors (Lipinski definition) is 1. The number of hydrogen-bond acceptors (Lipinski definition) is 6. The molecule has 0 bridgehead atoms. The third-order valence-electron chi connectivity index (χ3n) is 5.68. The predicted molar refractivity (Wildman–Crippen MR) is 128 cm³/mol. The molecule has 8 heteroatoms. The summed E-state index contributed by atoms with van der Waals surface area (Å²) >= 11 is 0. The van der Waals surface area contributed by atoms with Gasteiger partial charge in [-0.2, -0.15) is 0 Å². The van der Waals surface area contributed by atoms with Crippen LogP contribution in [-0.4, -0.2) is 46.4 Å². The standard InChI is InChI=1S/C26H28N4O4/c1-19-17-22(34-26-27-13-6-14-28-26)10-11-23(19)29-25(32)20-7-5-15-30(18-20)24(31)12-16-33-21-8-3-2-4-9-21/h2-4,6,8-11,13-14,17,20H,5,7,12,15-16,18H2,1H3,(H,29,32). The molecule has 0 saturated carbocycles. The smallest absolute Gasteiger partial charge is 0.321 e. The molecule has 34 heavy (non-hydrogen) atoms. The van der Waals surface area contributed by atoms with Crippen LogP contribution in [0, 0.1) is 12.8 Å². The molecule has 0 radical (unpaired) electrons. The maximum Gasteiger partial charge on any atom is 0.321 e. The van der Waals surface area contributed by atoms with Crippen molar-refractivity contribution < 1.29 is 19.1 Å². The molecule has 1 unspecified atom stereocenters. The number of likely N-dealkylation sites (tertiary alicyclic amines) is 1. The Morgan fingerprint density at radius 1 is 1.06 bits per heavy atom. The second-order valence-corrected chi connectivity index (χ2v) is 8.19. The molecule has 1 atom stereocenters. The summed E-state index contributed by atoms with van der Waals surface area (Å²) in [6, 6.07) is 16.8. The number of nitrogens with one attached hydrogen (secondary N) is 1. The third kappa shape index (κ3) is 6.31. The average Bonchev–Trinajstić information content (AvgIpc) is 2.87. The van der Waals surface area contributed by atoms with E-state index in [2.05, 4.69) is 15.3 Å². The van der Waals surface area contributed by atoms with E-state index >= 15 is 0 Å². The summed E-state index contributed by atoms with van der Waals surface area (Å²) in [5.74, 6) is 1.01. The lowest BCUT2D eigenvalue weighted by atomic mass is 9.96. The van der Waals surface area contributed by atoms with Gasteiger partial charge in [0, 0.05) is 31.2 Å². The Bertz CT molecular complexity index is 1110. The zero-order chi connectivity index (χ0) is 23.8. The first kappa shape index (κ1) is 23.2. The van der Waals surface area contributed by atoms with Gasteiger partial charge in [-0.05, 0) is 61.7 Å². The Balaban J connectivity index is 1.28. The number of piperidine rings is 1. The Morgan fingerprint density at radius 3 is 2.62 bits per heavy atom. The molecule has 8 nitrogen and oxygen atoms in total. The zero-order valence-electron chi connectivity index (χ0n) is 19.1. The van der Waals surface area contributed by atoms with Gasteiger partial charge >= 0.3 is 6.01 Å². The summed E-state index contributed by atoms with van der Waals surface area (Å²) in [7, 11) is 0. The van der Waals surface area contributed by atoms with Gasteiger partial charge in [-0.3, -0.25) is 9.59 Å². The summed E-state index contributed by atoms with van der Waals surface area (Å²) in [6.07, 6.45) is 5.06. The number of para-hydroxylation sites is 1. The molecule has 1 fully saturated rings. The van der Waals surface area contributed by atoms with Gasteiger partial charge in [0.2, 0.25) is 11.8 Å². The maximum absolute atomic E-state index is 12.9. The van der Waals surface area contributed by atoms with Crippen molar-refractivity contribution in [2.24, 2.45) is 5.92 Å². The molecule has 4 rings (SSSR count). The Labute approximate surface area is 198 Å². The fraction of sp³-hybridized carbons (Fsp3) is 0.308. The molecule has 2 heterocycles. The van der Waals surface area contributed by atoms with E-state index in [1.807, 2.05) is 43.3 Å². The van der Waals surface area contributed by atoms with Gasteiger partial charge in [0.25, 0.3) is 0 Å².